The number of thiol groups is 1. The van der Waals surface area contributed by atoms with Crippen LogP contribution >= 0.6 is 12.6 Å². The smallest absolute Gasteiger partial charge is 0.187 e. The van der Waals surface area contributed by atoms with E-state index >= 15 is 0 Å². The summed E-state index contributed by atoms with van der Waals surface area (Å²) in [6, 6.07) is 0.150. The van der Waals surface area contributed by atoms with Gasteiger partial charge < -0.3 is 4.57 Å². The van der Waals surface area contributed by atoms with Crippen LogP contribution in [-0.4, -0.2) is 30.5 Å². The van der Waals surface area contributed by atoms with E-state index in [0.717, 1.165) is 6.54 Å². The minimum Gasteiger partial charge on any atom is -0.318 e. The molecular weight excluding hydrogens is 210 g/mol. The van der Waals surface area contributed by atoms with Crippen LogP contribution in [0.3, 0.4) is 0 Å². The van der Waals surface area contributed by atoms with Crippen molar-refractivity contribution in [3.63, 3.8) is 0 Å². The first-order chi connectivity index (χ1) is 6.32. The predicted octanol–water partition coefficient (Wildman–Crippen LogP) is 2.54. The Kier molecular flexibility index (Phi) is 5.70. The Hall–Kier alpha value is -0.0631. The number of carbonyl (C=O) groups is 1. The number of likely N-dealkylation sites (N-methyl/N-ethyl adjacent to an activating group) is 1. The highest BCUT2D eigenvalue weighted by atomic mass is 32.1. The van der Waals surface area contributed by atoms with Gasteiger partial charge in [0.1, 0.15) is 8.24 Å². The zero-order valence-electron chi connectivity index (χ0n) is 9.58. The fraction of sp³-hybridized carbons (Fsp3) is 0.700. The van der Waals surface area contributed by atoms with E-state index in [4.69, 9.17) is 0 Å². The number of nitrogens with zero attached hydrogens (tertiary/aromatic N) is 1. The van der Waals surface area contributed by atoms with E-state index in [1.54, 1.807) is 0 Å². The maximum Gasteiger partial charge on any atom is 0.187 e. The number of hydrogen-bond acceptors (Lipinski definition) is 2. The summed E-state index contributed by atoms with van der Waals surface area (Å²) in [5, 5.41) is -0.0633. The van der Waals surface area contributed by atoms with Crippen molar-refractivity contribution in [3.05, 3.63) is 12.7 Å². The van der Waals surface area contributed by atoms with Crippen LogP contribution in [0.2, 0.25) is 19.6 Å². The van der Waals surface area contributed by atoms with Crippen LogP contribution in [0.1, 0.15) is 13.3 Å². The molecule has 0 saturated carbocycles. The second kappa shape index (κ2) is 5.73. The predicted molar refractivity (Wildman–Crippen MR) is 68.3 cm³/mol. The molecule has 0 aromatic rings. The summed E-state index contributed by atoms with van der Waals surface area (Å²) in [7, 11) is -1.36. The molecule has 0 bridgehead atoms. The van der Waals surface area contributed by atoms with Gasteiger partial charge in [-0.15, -0.1) is 19.2 Å². The Labute approximate surface area is 93.9 Å². The molecule has 0 fully saturated rings. The van der Waals surface area contributed by atoms with E-state index in [0.29, 0.717) is 6.42 Å². The average molecular weight is 231 g/mol. The average Bonchev–Trinajstić information content (AvgIpc) is 2.00. The summed E-state index contributed by atoms with van der Waals surface area (Å²) in [6.45, 7) is 13.7. The topological polar surface area (TPSA) is 20.3 Å². The fourth-order valence-electron chi connectivity index (χ4n) is 1.71. The normalized spacial score (nSPS) is 14.1. The van der Waals surface area contributed by atoms with Gasteiger partial charge in [0.05, 0.1) is 0 Å². The first-order valence-electron chi connectivity index (χ1n) is 4.94. The monoisotopic (exact) mass is 231 g/mol. The third-order valence-electron chi connectivity index (χ3n) is 2.26. The largest absolute Gasteiger partial charge is 0.318 e. The number of carbonyl (C=O) groups excluding carboxylic acids is 1. The van der Waals surface area contributed by atoms with Gasteiger partial charge in [-0.25, -0.2) is 0 Å². The van der Waals surface area contributed by atoms with Crippen molar-refractivity contribution in [2.45, 2.75) is 39.0 Å². The first-order valence-corrected chi connectivity index (χ1v) is 8.83. The quantitative estimate of drug-likeness (QED) is 0.431. The Bertz CT molecular complexity index is 213. The molecule has 4 heteroatoms. The lowest BCUT2D eigenvalue weighted by atomic mass is 10.2. The van der Waals surface area contributed by atoms with Crippen LogP contribution in [0.15, 0.2) is 12.7 Å². The van der Waals surface area contributed by atoms with Crippen LogP contribution in [0.5, 0.6) is 0 Å². The van der Waals surface area contributed by atoms with Crippen molar-refractivity contribution in [1.29, 1.82) is 0 Å². The summed E-state index contributed by atoms with van der Waals surface area (Å²) < 4.78 is 2.38. The molecule has 0 aromatic heterocycles. The lowest BCUT2D eigenvalue weighted by molar-refractivity contribution is -0.111. The van der Waals surface area contributed by atoms with Crippen LogP contribution in [0, 0.1) is 0 Å². The Morgan fingerprint density at radius 2 is 2.07 bits per heavy atom. The SMILES string of the molecule is C=CC(CC(=O)S)N(CC)[Si](C)(C)C. The molecule has 0 aliphatic carbocycles. The van der Waals surface area contributed by atoms with E-state index in [-0.39, 0.29) is 11.2 Å². The van der Waals surface area contributed by atoms with Crippen molar-refractivity contribution >= 4 is 26.0 Å². The van der Waals surface area contributed by atoms with E-state index < -0.39 is 8.24 Å². The Morgan fingerprint density at radius 1 is 1.57 bits per heavy atom. The van der Waals surface area contributed by atoms with Crippen molar-refractivity contribution in [3.8, 4) is 0 Å². The molecule has 0 aliphatic rings. The zero-order chi connectivity index (χ0) is 11.4. The third-order valence-corrected chi connectivity index (χ3v) is 4.81. The number of hydrogen-bond donors (Lipinski definition) is 1. The van der Waals surface area contributed by atoms with Gasteiger partial charge in [0, 0.05) is 12.5 Å². The Morgan fingerprint density at radius 3 is 2.29 bits per heavy atom. The van der Waals surface area contributed by atoms with Gasteiger partial charge in [0.15, 0.2) is 5.12 Å². The molecule has 1 unspecified atom stereocenters. The summed E-state index contributed by atoms with van der Waals surface area (Å²) in [5.41, 5.74) is 0. The molecule has 0 spiro atoms. The highest BCUT2D eigenvalue weighted by Gasteiger charge is 2.28. The molecule has 0 aliphatic heterocycles. The van der Waals surface area contributed by atoms with Gasteiger partial charge in [-0.05, 0) is 6.54 Å². The van der Waals surface area contributed by atoms with Crippen molar-refractivity contribution in [2.75, 3.05) is 6.54 Å². The minimum atomic E-state index is -1.36. The lowest BCUT2D eigenvalue weighted by Gasteiger charge is -2.38. The molecule has 1 atom stereocenters. The summed E-state index contributed by atoms with van der Waals surface area (Å²) in [6.07, 6.45) is 2.32. The van der Waals surface area contributed by atoms with Crippen LogP contribution in [0.4, 0.5) is 0 Å². The first kappa shape index (κ1) is 13.9. The second-order valence-electron chi connectivity index (χ2n) is 4.36. The molecule has 0 saturated heterocycles. The molecule has 0 rings (SSSR count). The molecule has 0 N–H and O–H groups in total. The van der Waals surface area contributed by atoms with Gasteiger partial charge in [-0.3, -0.25) is 4.79 Å². The van der Waals surface area contributed by atoms with Crippen molar-refractivity contribution in [1.82, 2.24) is 4.57 Å². The van der Waals surface area contributed by atoms with E-state index in [9.17, 15) is 4.79 Å². The maximum absolute atomic E-state index is 11.0. The molecule has 0 aromatic carbocycles. The summed E-state index contributed by atoms with van der Waals surface area (Å²) in [4.78, 5) is 11.0. The van der Waals surface area contributed by atoms with Gasteiger partial charge in [-0.1, -0.05) is 32.6 Å². The van der Waals surface area contributed by atoms with Crippen molar-refractivity contribution < 1.29 is 4.79 Å². The molecule has 14 heavy (non-hydrogen) atoms. The highest BCUT2D eigenvalue weighted by Crippen LogP contribution is 2.17. The van der Waals surface area contributed by atoms with Gasteiger partial charge in [0.25, 0.3) is 0 Å². The third kappa shape index (κ3) is 4.44. The molecule has 2 nitrogen and oxygen atoms in total. The zero-order valence-corrected chi connectivity index (χ0v) is 11.5. The van der Waals surface area contributed by atoms with Gasteiger partial charge in [0.2, 0.25) is 0 Å². The summed E-state index contributed by atoms with van der Waals surface area (Å²) >= 11 is 3.82. The standard InChI is InChI=1S/C10H21NOSSi/c1-6-9(8-10(12)13)11(7-2)14(3,4)5/h6,9H,1,7-8H2,2-5H3,(H,12,13). The van der Waals surface area contributed by atoms with Gasteiger partial charge in [-0.2, -0.15) is 0 Å². The Balaban J connectivity index is 4.61. The molecular formula is C10H21NOSSi. The summed E-state index contributed by atoms with van der Waals surface area (Å²) in [5.74, 6) is 0. The fourth-order valence-corrected chi connectivity index (χ4v) is 4.03. The van der Waals surface area contributed by atoms with Crippen LogP contribution < -0.4 is 0 Å². The highest BCUT2D eigenvalue weighted by molar-refractivity contribution is 7.96. The number of rotatable bonds is 6. The molecule has 0 radical (unpaired) electrons. The molecule has 82 valence electrons. The molecule has 0 amide bonds. The van der Waals surface area contributed by atoms with E-state index in [2.05, 4.69) is 50.3 Å². The van der Waals surface area contributed by atoms with Crippen molar-refractivity contribution in [2.24, 2.45) is 0 Å². The van der Waals surface area contributed by atoms with Gasteiger partial charge >= 0.3 is 0 Å². The van der Waals surface area contributed by atoms with Crippen LogP contribution in [-0.2, 0) is 4.79 Å². The maximum atomic E-state index is 11.0. The minimum absolute atomic E-state index is 0.0633. The van der Waals surface area contributed by atoms with Crippen LogP contribution in [0.25, 0.3) is 0 Å². The second-order valence-corrected chi connectivity index (χ2v) is 9.77. The molecule has 0 heterocycles. The van der Waals surface area contributed by atoms with E-state index in [1.165, 1.54) is 0 Å². The lowest BCUT2D eigenvalue weighted by Crippen LogP contribution is -2.51. The van der Waals surface area contributed by atoms with E-state index in [1.807, 2.05) is 6.08 Å².